The van der Waals surface area contributed by atoms with Gasteiger partial charge in [-0.3, -0.25) is 19.7 Å². The predicted molar refractivity (Wildman–Crippen MR) is 96.5 cm³/mol. The van der Waals surface area contributed by atoms with Crippen LogP contribution in [0.15, 0.2) is 29.2 Å². The zero-order valence-corrected chi connectivity index (χ0v) is 15.1. The molecular weight excluding hydrogens is 342 g/mol. The van der Waals surface area contributed by atoms with Crippen LogP contribution in [0.1, 0.15) is 32.6 Å². The number of likely N-dealkylation sites (tertiary alicyclic amines) is 1. The number of non-ortho nitro benzene ring substituents is 1. The van der Waals surface area contributed by atoms with E-state index in [4.69, 9.17) is 0 Å². The summed E-state index contributed by atoms with van der Waals surface area (Å²) < 4.78 is 0. The van der Waals surface area contributed by atoms with Crippen molar-refractivity contribution in [2.24, 2.45) is 0 Å². The molecular formula is C17H23N3O4S. The van der Waals surface area contributed by atoms with Gasteiger partial charge in [-0.1, -0.05) is 0 Å². The van der Waals surface area contributed by atoms with Gasteiger partial charge in [0.05, 0.1) is 10.2 Å². The molecule has 1 aliphatic rings. The van der Waals surface area contributed by atoms with Gasteiger partial charge in [0.25, 0.3) is 5.69 Å². The molecule has 0 radical (unpaired) electrons. The van der Waals surface area contributed by atoms with Crippen LogP contribution < -0.4 is 5.32 Å². The Morgan fingerprint density at radius 2 is 1.88 bits per heavy atom. The van der Waals surface area contributed by atoms with Crippen LogP contribution in [0.5, 0.6) is 0 Å². The maximum Gasteiger partial charge on any atom is 0.269 e. The number of hydrogen-bond donors (Lipinski definition) is 1. The third kappa shape index (κ3) is 6.04. The number of nitro benzene ring substituents is 1. The molecule has 2 rings (SSSR count). The molecule has 0 bridgehead atoms. The van der Waals surface area contributed by atoms with Crippen LogP contribution in [-0.4, -0.2) is 46.5 Å². The lowest BCUT2D eigenvalue weighted by Gasteiger charge is -2.26. The first-order valence-electron chi connectivity index (χ1n) is 8.44. The van der Waals surface area contributed by atoms with Gasteiger partial charge in [-0.25, -0.2) is 0 Å². The molecule has 1 heterocycles. The summed E-state index contributed by atoms with van der Waals surface area (Å²) in [5.41, 5.74) is 0.0256. The predicted octanol–water partition coefficient (Wildman–Crippen LogP) is 2.59. The molecule has 0 spiro atoms. The lowest BCUT2D eigenvalue weighted by atomic mass is 10.1. The summed E-state index contributed by atoms with van der Waals surface area (Å²) in [5.74, 6) is -0.0505. The standard InChI is InChI=1S/C17H23N3O4S/c1-13(25-15-7-5-14(6-8-15)20(23)24)17(22)18-10-9-16(21)19-11-3-2-4-12-19/h5-8,13H,2-4,9-12H2,1H3,(H,18,22). The Morgan fingerprint density at radius 1 is 1.24 bits per heavy atom. The minimum absolute atomic E-state index is 0.0256. The van der Waals surface area contributed by atoms with Crippen molar-refractivity contribution in [3.8, 4) is 0 Å². The highest BCUT2D eigenvalue weighted by Crippen LogP contribution is 2.25. The van der Waals surface area contributed by atoms with Crippen molar-refractivity contribution in [2.45, 2.75) is 42.8 Å². The van der Waals surface area contributed by atoms with Crippen molar-refractivity contribution in [2.75, 3.05) is 19.6 Å². The Balaban J connectivity index is 1.72. The van der Waals surface area contributed by atoms with Crippen molar-refractivity contribution in [1.82, 2.24) is 10.2 Å². The van der Waals surface area contributed by atoms with Crippen molar-refractivity contribution >= 4 is 29.3 Å². The third-order valence-corrected chi connectivity index (χ3v) is 5.19. The van der Waals surface area contributed by atoms with E-state index < -0.39 is 4.92 Å². The van der Waals surface area contributed by atoms with Crippen LogP contribution in [0.25, 0.3) is 0 Å². The Bertz CT molecular complexity index is 615. The Kier molecular flexibility index (Phi) is 7.24. The molecule has 1 aromatic rings. The molecule has 0 aliphatic carbocycles. The largest absolute Gasteiger partial charge is 0.355 e. The van der Waals surface area contributed by atoms with E-state index >= 15 is 0 Å². The van der Waals surface area contributed by atoms with Crippen molar-refractivity contribution in [3.05, 3.63) is 34.4 Å². The molecule has 1 aliphatic heterocycles. The first kappa shape index (κ1) is 19.2. The monoisotopic (exact) mass is 365 g/mol. The molecule has 1 saturated heterocycles. The Labute approximate surface area is 151 Å². The van der Waals surface area contributed by atoms with Crippen LogP contribution in [0.4, 0.5) is 5.69 Å². The summed E-state index contributed by atoms with van der Waals surface area (Å²) in [5, 5.41) is 13.1. The summed E-state index contributed by atoms with van der Waals surface area (Å²) in [4.78, 5) is 37.0. The molecule has 25 heavy (non-hydrogen) atoms. The fourth-order valence-corrected chi connectivity index (χ4v) is 3.53. The van der Waals surface area contributed by atoms with Crippen LogP contribution in [0, 0.1) is 10.1 Å². The molecule has 7 nitrogen and oxygen atoms in total. The fourth-order valence-electron chi connectivity index (χ4n) is 2.64. The van der Waals surface area contributed by atoms with Crippen LogP contribution in [-0.2, 0) is 9.59 Å². The average molecular weight is 365 g/mol. The van der Waals surface area contributed by atoms with Crippen LogP contribution in [0.2, 0.25) is 0 Å². The molecule has 1 atom stereocenters. The van der Waals surface area contributed by atoms with Gasteiger partial charge in [0.1, 0.15) is 0 Å². The third-order valence-electron chi connectivity index (χ3n) is 4.08. The van der Waals surface area contributed by atoms with E-state index in [9.17, 15) is 19.7 Å². The van der Waals surface area contributed by atoms with Gasteiger partial charge in [-0.05, 0) is 38.3 Å². The summed E-state index contributed by atoms with van der Waals surface area (Å²) in [6, 6.07) is 6.10. The number of carbonyl (C=O) groups is 2. The number of piperidine rings is 1. The van der Waals surface area contributed by atoms with Crippen molar-refractivity contribution in [3.63, 3.8) is 0 Å². The second-order valence-electron chi connectivity index (χ2n) is 5.99. The highest BCUT2D eigenvalue weighted by Gasteiger charge is 2.18. The number of nitro groups is 1. The quantitative estimate of drug-likeness (QED) is 0.455. The van der Waals surface area contributed by atoms with Crippen LogP contribution in [0.3, 0.4) is 0 Å². The minimum atomic E-state index is -0.454. The van der Waals surface area contributed by atoms with E-state index in [-0.39, 0.29) is 22.8 Å². The molecule has 8 heteroatoms. The number of amides is 2. The number of benzene rings is 1. The minimum Gasteiger partial charge on any atom is -0.355 e. The number of nitrogens with one attached hydrogen (secondary N) is 1. The van der Waals surface area contributed by atoms with Crippen LogP contribution >= 0.6 is 11.8 Å². The smallest absolute Gasteiger partial charge is 0.269 e. The van der Waals surface area contributed by atoms with Gasteiger partial charge >= 0.3 is 0 Å². The lowest BCUT2D eigenvalue weighted by molar-refractivity contribution is -0.384. The van der Waals surface area contributed by atoms with Gasteiger partial charge < -0.3 is 10.2 Å². The second-order valence-corrected chi connectivity index (χ2v) is 7.41. The fraction of sp³-hybridized carbons (Fsp3) is 0.529. The van der Waals surface area contributed by atoms with E-state index in [2.05, 4.69) is 5.32 Å². The molecule has 136 valence electrons. The summed E-state index contributed by atoms with van der Waals surface area (Å²) in [7, 11) is 0. The summed E-state index contributed by atoms with van der Waals surface area (Å²) in [6.07, 6.45) is 3.61. The molecule has 0 saturated carbocycles. The van der Waals surface area contributed by atoms with Gasteiger partial charge in [0.15, 0.2) is 0 Å². The highest BCUT2D eigenvalue weighted by molar-refractivity contribution is 8.00. The number of carbonyl (C=O) groups excluding carboxylic acids is 2. The lowest BCUT2D eigenvalue weighted by Crippen LogP contribution is -2.39. The van der Waals surface area contributed by atoms with Crippen molar-refractivity contribution in [1.29, 1.82) is 0 Å². The number of nitrogens with zero attached hydrogens (tertiary/aromatic N) is 2. The van der Waals surface area contributed by atoms with E-state index in [1.807, 2.05) is 4.90 Å². The molecule has 1 fully saturated rings. The summed E-state index contributed by atoms with van der Waals surface area (Å²) >= 11 is 1.33. The maximum atomic E-state index is 12.1. The number of hydrogen-bond acceptors (Lipinski definition) is 5. The summed E-state index contributed by atoms with van der Waals surface area (Å²) in [6.45, 7) is 3.74. The van der Waals surface area contributed by atoms with Gasteiger partial charge in [0.2, 0.25) is 11.8 Å². The normalized spacial score (nSPS) is 15.5. The SMILES string of the molecule is CC(Sc1ccc([N+](=O)[O-])cc1)C(=O)NCCC(=O)N1CCCCC1. The topological polar surface area (TPSA) is 92.5 Å². The van der Waals surface area contributed by atoms with E-state index in [0.717, 1.165) is 30.8 Å². The molecule has 1 N–H and O–H groups in total. The molecule has 0 aromatic heterocycles. The maximum absolute atomic E-state index is 12.1. The molecule has 2 amide bonds. The Hall–Kier alpha value is -2.09. The number of thioether (sulfide) groups is 1. The highest BCUT2D eigenvalue weighted by atomic mass is 32.2. The van der Waals surface area contributed by atoms with Crippen molar-refractivity contribution < 1.29 is 14.5 Å². The first-order valence-corrected chi connectivity index (χ1v) is 9.32. The average Bonchev–Trinajstić information content (AvgIpc) is 2.62. The molecule has 1 aromatic carbocycles. The zero-order valence-electron chi connectivity index (χ0n) is 14.3. The van der Waals surface area contributed by atoms with Gasteiger partial charge in [-0.2, -0.15) is 0 Å². The van der Waals surface area contributed by atoms with Gasteiger partial charge in [0, 0.05) is 43.1 Å². The van der Waals surface area contributed by atoms with E-state index in [1.165, 1.54) is 30.3 Å². The molecule has 1 unspecified atom stereocenters. The second kappa shape index (κ2) is 9.41. The zero-order chi connectivity index (χ0) is 18.2. The first-order chi connectivity index (χ1) is 12.0. The van der Waals surface area contributed by atoms with E-state index in [1.54, 1.807) is 19.1 Å². The number of rotatable bonds is 7. The van der Waals surface area contributed by atoms with E-state index in [0.29, 0.717) is 13.0 Å². The Morgan fingerprint density at radius 3 is 2.48 bits per heavy atom. The van der Waals surface area contributed by atoms with Gasteiger partial charge in [-0.15, -0.1) is 11.8 Å².